The molecular formula is C40H40N2O8S. The molecule has 0 N–H and O–H groups in total. The van der Waals surface area contributed by atoms with Gasteiger partial charge in [0, 0.05) is 25.2 Å². The molecule has 5 rings (SSSR count). The van der Waals surface area contributed by atoms with Crippen LogP contribution < -0.4 is 0 Å². The van der Waals surface area contributed by atoms with Crippen molar-refractivity contribution in [3.05, 3.63) is 178 Å². The predicted molar refractivity (Wildman–Crippen MR) is 193 cm³/mol. The molecule has 0 saturated heterocycles. The summed E-state index contributed by atoms with van der Waals surface area (Å²) in [5.74, 6) is -0.340. The number of carbonyl (C=O) groups excluding carboxylic acids is 1. The highest BCUT2D eigenvalue weighted by Crippen LogP contribution is 2.24. The number of ketones is 1. The fourth-order valence-electron chi connectivity index (χ4n) is 5.42. The number of hydrogen-bond acceptors (Lipinski definition) is 8. The molecule has 0 radical (unpaired) electrons. The largest absolute Gasteiger partial charge is 0.370 e. The topological polar surface area (TPSA) is 125 Å². The van der Waals surface area contributed by atoms with E-state index in [1.165, 1.54) is 28.6 Å². The standard InChI is InChI=1S/C40H40N2O8S/c43-38(31-48-28-33-15-7-2-8-16-33)40(50-30-35-19-11-4-12-20-35)39(49-29-34-17-9-3-10-18-34)25-26-41(27-32-13-5-1-6-14-32)51(46,47)37-23-21-36(22-24-37)42(44)45/h1-24,39-40H,25-31H2/t39-,40-/m1/s1. The van der Waals surface area contributed by atoms with Crippen LogP contribution in [-0.2, 0) is 55.4 Å². The van der Waals surface area contributed by atoms with Crippen molar-refractivity contribution in [1.82, 2.24) is 4.31 Å². The Hall–Kier alpha value is -5.04. The van der Waals surface area contributed by atoms with Gasteiger partial charge in [0.2, 0.25) is 10.0 Å². The van der Waals surface area contributed by atoms with Crippen molar-refractivity contribution in [1.29, 1.82) is 0 Å². The Morgan fingerprint density at radius 3 is 1.63 bits per heavy atom. The maximum absolute atomic E-state index is 14.1. The molecule has 0 aliphatic carbocycles. The van der Waals surface area contributed by atoms with E-state index in [0.29, 0.717) is 0 Å². The van der Waals surface area contributed by atoms with Gasteiger partial charge in [0.05, 0.1) is 35.7 Å². The molecule has 11 heteroatoms. The molecule has 0 aliphatic heterocycles. The van der Waals surface area contributed by atoms with Crippen molar-refractivity contribution in [3.8, 4) is 0 Å². The molecule has 264 valence electrons. The number of non-ortho nitro benzene ring substituents is 1. The molecule has 0 amide bonds. The maximum Gasteiger partial charge on any atom is 0.269 e. The average Bonchev–Trinajstić information content (AvgIpc) is 3.16. The zero-order valence-corrected chi connectivity index (χ0v) is 28.8. The number of sulfonamides is 1. The molecular weight excluding hydrogens is 669 g/mol. The summed E-state index contributed by atoms with van der Waals surface area (Å²) in [7, 11) is -4.15. The van der Waals surface area contributed by atoms with E-state index >= 15 is 0 Å². The molecule has 0 aliphatic rings. The van der Waals surface area contributed by atoms with Crippen LogP contribution in [0.5, 0.6) is 0 Å². The highest BCUT2D eigenvalue weighted by atomic mass is 32.2. The van der Waals surface area contributed by atoms with Gasteiger partial charge in [-0.2, -0.15) is 4.31 Å². The molecule has 5 aromatic carbocycles. The van der Waals surface area contributed by atoms with Crippen molar-refractivity contribution in [2.75, 3.05) is 13.2 Å². The van der Waals surface area contributed by atoms with Crippen LogP contribution in [0.25, 0.3) is 0 Å². The number of hydrogen-bond donors (Lipinski definition) is 0. The van der Waals surface area contributed by atoms with Gasteiger partial charge in [-0.25, -0.2) is 8.42 Å². The van der Waals surface area contributed by atoms with E-state index in [1.54, 1.807) is 0 Å². The third-order valence-corrected chi connectivity index (χ3v) is 10.00. The number of nitro benzene ring substituents is 1. The van der Waals surface area contributed by atoms with Gasteiger partial charge in [0.25, 0.3) is 5.69 Å². The van der Waals surface area contributed by atoms with Crippen molar-refractivity contribution in [3.63, 3.8) is 0 Å². The van der Waals surface area contributed by atoms with Gasteiger partial charge in [0.1, 0.15) is 12.7 Å². The molecule has 0 unspecified atom stereocenters. The minimum atomic E-state index is -4.15. The van der Waals surface area contributed by atoms with E-state index in [2.05, 4.69) is 0 Å². The average molecular weight is 709 g/mol. The number of ether oxygens (including phenoxy) is 3. The quantitative estimate of drug-likeness (QED) is 0.0618. The second-order valence-corrected chi connectivity index (χ2v) is 13.8. The Kier molecular flexibility index (Phi) is 13.7. The van der Waals surface area contributed by atoms with Gasteiger partial charge < -0.3 is 14.2 Å². The van der Waals surface area contributed by atoms with E-state index < -0.39 is 27.2 Å². The number of benzene rings is 5. The predicted octanol–water partition coefficient (Wildman–Crippen LogP) is 7.13. The maximum atomic E-state index is 14.1. The Bertz CT molecular complexity index is 1910. The van der Waals surface area contributed by atoms with Gasteiger partial charge in [-0.1, -0.05) is 121 Å². The van der Waals surface area contributed by atoms with Crippen LogP contribution in [0, 0.1) is 10.1 Å². The van der Waals surface area contributed by atoms with Crippen molar-refractivity contribution in [2.24, 2.45) is 0 Å². The molecule has 0 fully saturated rings. The lowest BCUT2D eigenvalue weighted by molar-refractivity contribution is -0.384. The van der Waals surface area contributed by atoms with E-state index in [9.17, 15) is 23.3 Å². The second-order valence-electron chi connectivity index (χ2n) is 11.9. The SMILES string of the molecule is O=C(COCc1ccccc1)[C@@H](OCc1ccccc1)[C@@H](CCN(Cc1ccccc1)S(=O)(=O)c1ccc([N+](=O)[O-])cc1)OCc1ccccc1. The Morgan fingerprint density at radius 1 is 0.647 bits per heavy atom. The molecule has 0 heterocycles. The number of carbonyl (C=O) groups is 1. The van der Waals surface area contributed by atoms with Crippen LogP contribution in [0.1, 0.15) is 28.7 Å². The van der Waals surface area contributed by atoms with Crippen LogP contribution >= 0.6 is 0 Å². The summed E-state index contributed by atoms with van der Waals surface area (Å²) in [4.78, 5) is 24.5. The highest BCUT2D eigenvalue weighted by Gasteiger charge is 2.33. The van der Waals surface area contributed by atoms with Gasteiger partial charge in [-0.15, -0.1) is 0 Å². The van der Waals surface area contributed by atoms with E-state index in [4.69, 9.17) is 14.2 Å². The van der Waals surface area contributed by atoms with Gasteiger partial charge in [-0.05, 0) is 40.8 Å². The molecule has 5 aromatic rings. The van der Waals surface area contributed by atoms with Crippen molar-refractivity contribution < 1.29 is 32.3 Å². The minimum Gasteiger partial charge on any atom is -0.370 e. The second kappa shape index (κ2) is 18.8. The third kappa shape index (κ3) is 11.2. The number of rotatable bonds is 20. The zero-order valence-electron chi connectivity index (χ0n) is 28.0. The van der Waals surface area contributed by atoms with Crippen LogP contribution in [-0.4, -0.2) is 48.8 Å². The summed E-state index contributed by atoms with van der Waals surface area (Å²) < 4.78 is 48.1. The molecule has 0 bridgehead atoms. The summed E-state index contributed by atoms with van der Waals surface area (Å²) in [6.07, 6.45) is -1.87. The van der Waals surface area contributed by atoms with Gasteiger partial charge >= 0.3 is 0 Å². The fourth-order valence-corrected chi connectivity index (χ4v) is 6.87. The molecule has 10 nitrogen and oxygen atoms in total. The first kappa shape index (κ1) is 37.2. The Morgan fingerprint density at radius 2 is 1.12 bits per heavy atom. The number of nitro groups is 1. The van der Waals surface area contributed by atoms with Gasteiger partial charge in [-0.3, -0.25) is 14.9 Å². The summed E-state index contributed by atoms with van der Waals surface area (Å²) >= 11 is 0. The summed E-state index contributed by atoms with van der Waals surface area (Å²) in [6.45, 7) is 0.241. The zero-order chi connectivity index (χ0) is 35.9. The van der Waals surface area contributed by atoms with E-state index in [0.717, 1.165) is 22.3 Å². The van der Waals surface area contributed by atoms with E-state index in [-0.39, 0.29) is 62.3 Å². The van der Waals surface area contributed by atoms with Crippen LogP contribution in [0.4, 0.5) is 5.69 Å². The Labute approximate surface area is 298 Å². The summed E-state index contributed by atoms with van der Waals surface area (Å²) in [5, 5.41) is 11.3. The van der Waals surface area contributed by atoms with Crippen LogP contribution in [0.2, 0.25) is 0 Å². The summed E-state index contributed by atoms with van der Waals surface area (Å²) in [5.41, 5.74) is 3.17. The fraction of sp³-hybridized carbons (Fsp3) is 0.225. The van der Waals surface area contributed by atoms with Crippen molar-refractivity contribution in [2.45, 2.75) is 49.9 Å². The number of nitrogens with zero attached hydrogens (tertiary/aromatic N) is 2. The lowest BCUT2D eigenvalue weighted by Gasteiger charge is -2.29. The Balaban J connectivity index is 1.43. The lowest BCUT2D eigenvalue weighted by Crippen LogP contribution is -2.43. The molecule has 51 heavy (non-hydrogen) atoms. The monoisotopic (exact) mass is 708 g/mol. The molecule has 0 saturated carbocycles. The summed E-state index contributed by atoms with van der Waals surface area (Å²) in [6, 6.07) is 42.3. The minimum absolute atomic E-state index is 0.0231. The van der Waals surface area contributed by atoms with E-state index in [1.807, 2.05) is 121 Å². The van der Waals surface area contributed by atoms with Crippen LogP contribution in [0.3, 0.4) is 0 Å². The first-order valence-electron chi connectivity index (χ1n) is 16.5. The smallest absolute Gasteiger partial charge is 0.269 e. The van der Waals surface area contributed by atoms with Gasteiger partial charge in [0.15, 0.2) is 5.78 Å². The first-order chi connectivity index (χ1) is 24.8. The third-order valence-electron chi connectivity index (χ3n) is 8.14. The lowest BCUT2D eigenvalue weighted by atomic mass is 10.1. The molecule has 0 spiro atoms. The van der Waals surface area contributed by atoms with Crippen LogP contribution in [0.15, 0.2) is 150 Å². The normalized spacial score (nSPS) is 12.7. The van der Waals surface area contributed by atoms with Crippen molar-refractivity contribution >= 4 is 21.5 Å². The molecule has 2 atom stereocenters. The highest BCUT2D eigenvalue weighted by molar-refractivity contribution is 7.89. The molecule has 0 aromatic heterocycles. The number of Topliss-reactive ketones (excluding diaryl/α,β-unsaturated/α-hetero) is 1. The first-order valence-corrected chi connectivity index (χ1v) is 18.0.